The highest BCUT2D eigenvalue weighted by Gasteiger charge is 2.37. The van der Waals surface area contributed by atoms with Crippen LogP contribution in [-0.4, -0.2) is 21.5 Å². The third kappa shape index (κ3) is 2.59. The number of aromatic nitrogens is 1. The van der Waals surface area contributed by atoms with E-state index >= 15 is 0 Å². The summed E-state index contributed by atoms with van der Waals surface area (Å²) in [6, 6.07) is 0. The molecule has 0 saturated heterocycles. The normalized spacial score (nSPS) is 15.9. The van der Waals surface area contributed by atoms with Crippen molar-refractivity contribution in [3.63, 3.8) is 0 Å². The monoisotopic (exact) mass is 253 g/mol. The fraction of sp³-hybridized carbons (Fsp3) is 0.556. The van der Waals surface area contributed by atoms with Gasteiger partial charge in [0, 0.05) is 6.20 Å². The summed E-state index contributed by atoms with van der Waals surface area (Å²) in [4.78, 5) is 14.5. The number of hydrogen-bond donors (Lipinski definition) is 1. The van der Waals surface area contributed by atoms with Crippen LogP contribution in [0.15, 0.2) is 6.20 Å². The van der Waals surface area contributed by atoms with Gasteiger partial charge in [-0.3, -0.25) is 4.79 Å². The van der Waals surface area contributed by atoms with Gasteiger partial charge in [0.25, 0.3) is 0 Å². The van der Waals surface area contributed by atoms with Crippen molar-refractivity contribution < 1.29 is 23.1 Å². The van der Waals surface area contributed by atoms with E-state index in [1.807, 2.05) is 0 Å². The lowest BCUT2D eigenvalue weighted by molar-refractivity contribution is -0.137. The van der Waals surface area contributed by atoms with Gasteiger partial charge in [-0.25, -0.2) is 4.98 Å². The van der Waals surface area contributed by atoms with E-state index in [4.69, 9.17) is 0 Å². The maximum atomic E-state index is 12.2. The molecule has 0 aliphatic rings. The number of aliphatic hydroxyl groups is 1. The highest BCUT2D eigenvalue weighted by Crippen LogP contribution is 2.33. The summed E-state index contributed by atoms with van der Waals surface area (Å²) in [7, 11) is 0. The maximum Gasteiger partial charge on any atom is 0.443 e. The fourth-order valence-electron chi connectivity index (χ4n) is 0.936. The van der Waals surface area contributed by atoms with Crippen molar-refractivity contribution in [2.75, 3.05) is 0 Å². The molecule has 0 fully saturated rings. The van der Waals surface area contributed by atoms with Crippen molar-refractivity contribution in [3.8, 4) is 0 Å². The minimum Gasteiger partial charge on any atom is -0.382 e. The minimum absolute atomic E-state index is 0.130. The average Bonchev–Trinajstić information content (AvgIpc) is 2.64. The highest BCUT2D eigenvalue weighted by atomic mass is 32.1. The Morgan fingerprint density at radius 2 is 2.12 bits per heavy atom. The smallest absolute Gasteiger partial charge is 0.382 e. The number of thiazole rings is 1. The van der Waals surface area contributed by atoms with Crippen LogP contribution in [0.1, 0.15) is 34.9 Å². The zero-order chi connectivity index (χ0) is 12.6. The van der Waals surface area contributed by atoms with Crippen molar-refractivity contribution in [2.45, 2.75) is 32.0 Å². The van der Waals surface area contributed by atoms with Gasteiger partial charge in [-0.05, 0) is 13.3 Å². The van der Waals surface area contributed by atoms with E-state index in [0.29, 0.717) is 0 Å². The highest BCUT2D eigenvalue weighted by molar-refractivity contribution is 7.13. The second kappa shape index (κ2) is 4.14. The van der Waals surface area contributed by atoms with Crippen molar-refractivity contribution in [1.29, 1.82) is 0 Å². The summed E-state index contributed by atoms with van der Waals surface area (Å²) in [5, 5.41) is 8.52. The van der Waals surface area contributed by atoms with E-state index in [-0.39, 0.29) is 22.6 Å². The average molecular weight is 253 g/mol. The standard InChI is InChI=1S/C9H10F3NO2S/c1-3-8(2,15)6(14)5-4-13-7(16-5)9(10,11)12/h4,15H,3H2,1-2H3. The topological polar surface area (TPSA) is 50.2 Å². The molecule has 1 atom stereocenters. The second-order valence-electron chi connectivity index (χ2n) is 3.48. The molecule has 1 rings (SSSR count). The van der Waals surface area contributed by atoms with Gasteiger partial charge < -0.3 is 5.11 Å². The van der Waals surface area contributed by atoms with Gasteiger partial charge in [0.05, 0.1) is 4.88 Å². The van der Waals surface area contributed by atoms with E-state index in [1.165, 1.54) is 6.92 Å². The van der Waals surface area contributed by atoms with Gasteiger partial charge in [-0.2, -0.15) is 13.2 Å². The Kier molecular flexibility index (Phi) is 3.39. The van der Waals surface area contributed by atoms with Gasteiger partial charge in [0.2, 0.25) is 5.78 Å². The fourth-order valence-corrected chi connectivity index (χ4v) is 1.78. The number of rotatable bonds is 3. The largest absolute Gasteiger partial charge is 0.443 e. The Bertz CT molecular complexity index is 398. The molecular weight excluding hydrogens is 243 g/mol. The molecule has 3 nitrogen and oxygen atoms in total. The molecule has 1 aromatic rings. The molecular formula is C9H10F3NO2S. The van der Waals surface area contributed by atoms with Crippen LogP contribution < -0.4 is 0 Å². The molecule has 0 spiro atoms. The lowest BCUT2D eigenvalue weighted by atomic mass is 9.97. The number of carbonyl (C=O) groups is 1. The van der Waals surface area contributed by atoms with E-state index < -0.39 is 22.6 Å². The SMILES string of the molecule is CCC(C)(O)C(=O)c1cnc(C(F)(F)F)s1. The van der Waals surface area contributed by atoms with Gasteiger partial charge >= 0.3 is 6.18 Å². The molecule has 90 valence electrons. The predicted octanol–water partition coefficient (Wildman–Crippen LogP) is 2.51. The molecule has 0 saturated carbocycles. The van der Waals surface area contributed by atoms with Crippen molar-refractivity contribution in [2.24, 2.45) is 0 Å². The number of carbonyl (C=O) groups excluding carboxylic acids is 1. The third-order valence-electron chi connectivity index (χ3n) is 2.15. The minimum atomic E-state index is -4.55. The Morgan fingerprint density at radius 3 is 2.50 bits per heavy atom. The molecule has 0 radical (unpaired) electrons. The number of hydrogen-bond acceptors (Lipinski definition) is 4. The summed E-state index contributed by atoms with van der Waals surface area (Å²) in [5.74, 6) is -0.733. The Labute approximate surface area is 93.9 Å². The first-order valence-electron chi connectivity index (χ1n) is 4.48. The van der Waals surface area contributed by atoms with Crippen LogP contribution in [0.5, 0.6) is 0 Å². The zero-order valence-corrected chi connectivity index (χ0v) is 9.45. The number of alkyl halides is 3. The number of ketones is 1. The zero-order valence-electron chi connectivity index (χ0n) is 8.63. The quantitative estimate of drug-likeness (QED) is 0.842. The van der Waals surface area contributed by atoms with Gasteiger partial charge in [0.15, 0.2) is 5.01 Å². The molecule has 0 bridgehead atoms. The molecule has 16 heavy (non-hydrogen) atoms. The van der Waals surface area contributed by atoms with Gasteiger partial charge in [0.1, 0.15) is 5.60 Å². The van der Waals surface area contributed by atoms with Crippen LogP contribution in [-0.2, 0) is 6.18 Å². The first-order valence-corrected chi connectivity index (χ1v) is 5.30. The van der Waals surface area contributed by atoms with Crippen LogP contribution in [0.3, 0.4) is 0 Å². The van der Waals surface area contributed by atoms with E-state index in [0.717, 1.165) is 6.20 Å². The van der Waals surface area contributed by atoms with Crippen LogP contribution in [0, 0.1) is 0 Å². The Balaban J connectivity index is 3.00. The van der Waals surface area contributed by atoms with Crippen LogP contribution >= 0.6 is 11.3 Å². The van der Waals surface area contributed by atoms with Crippen LogP contribution in [0.2, 0.25) is 0 Å². The number of nitrogens with zero attached hydrogens (tertiary/aromatic N) is 1. The molecule has 1 heterocycles. The molecule has 1 aromatic heterocycles. The molecule has 0 aliphatic heterocycles. The van der Waals surface area contributed by atoms with Crippen molar-refractivity contribution in [1.82, 2.24) is 4.98 Å². The summed E-state index contributed by atoms with van der Waals surface area (Å²) in [6.45, 7) is 2.84. The maximum absolute atomic E-state index is 12.2. The summed E-state index contributed by atoms with van der Waals surface area (Å²) >= 11 is 0.245. The molecule has 0 amide bonds. The summed E-state index contributed by atoms with van der Waals surface area (Å²) in [6.07, 6.45) is -3.58. The molecule has 0 aliphatic carbocycles. The van der Waals surface area contributed by atoms with E-state index in [1.54, 1.807) is 6.92 Å². The molecule has 1 unspecified atom stereocenters. The molecule has 0 aromatic carbocycles. The van der Waals surface area contributed by atoms with Crippen LogP contribution in [0.25, 0.3) is 0 Å². The lowest BCUT2D eigenvalue weighted by Gasteiger charge is -2.17. The Hall–Kier alpha value is -0.950. The van der Waals surface area contributed by atoms with Gasteiger partial charge in [-0.15, -0.1) is 11.3 Å². The summed E-state index contributed by atoms with van der Waals surface area (Å²) < 4.78 is 36.7. The van der Waals surface area contributed by atoms with Crippen LogP contribution in [0.4, 0.5) is 13.2 Å². The summed E-state index contributed by atoms with van der Waals surface area (Å²) in [5.41, 5.74) is -1.64. The predicted molar refractivity (Wildman–Crippen MR) is 52.4 cm³/mol. The van der Waals surface area contributed by atoms with Gasteiger partial charge in [-0.1, -0.05) is 6.92 Å². The molecule has 7 heteroatoms. The van der Waals surface area contributed by atoms with Crippen molar-refractivity contribution >= 4 is 17.1 Å². The number of Topliss-reactive ketones (excluding diaryl/α,β-unsaturated/α-hetero) is 1. The van der Waals surface area contributed by atoms with E-state index in [9.17, 15) is 23.1 Å². The Morgan fingerprint density at radius 1 is 1.56 bits per heavy atom. The first-order chi connectivity index (χ1) is 7.18. The van der Waals surface area contributed by atoms with E-state index in [2.05, 4.69) is 4.98 Å². The molecule has 1 N–H and O–H groups in total. The lowest BCUT2D eigenvalue weighted by Crippen LogP contribution is -2.33. The number of halogens is 3. The first kappa shape index (κ1) is 13.1. The second-order valence-corrected chi connectivity index (χ2v) is 4.51. The third-order valence-corrected chi connectivity index (χ3v) is 3.19. The van der Waals surface area contributed by atoms with Crippen molar-refractivity contribution in [3.05, 3.63) is 16.1 Å².